The van der Waals surface area contributed by atoms with Crippen molar-refractivity contribution in [2.75, 3.05) is 13.2 Å². The van der Waals surface area contributed by atoms with Gasteiger partial charge in [0.15, 0.2) is 0 Å². The van der Waals surface area contributed by atoms with Gasteiger partial charge in [-0.15, -0.1) is 0 Å². The van der Waals surface area contributed by atoms with Crippen LogP contribution < -0.4 is 0 Å². The molecule has 1 saturated heterocycles. The number of hydrogen-bond donors (Lipinski definition) is 0. The number of ketones is 1. The van der Waals surface area contributed by atoms with Crippen molar-refractivity contribution in [3.63, 3.8) is 0 Å². The van der Waals surface area contributed by atoms with Crippen molar-refractivity contribution in [3.8, 4) is 0 Å². The average Bonchev–Trinajstić information content (AvgIpc) is 3.08. The Hall–Kier alpha value is -1.68. The van der Waals surface area contributed by atoms with Crippen molar-refractivity contribution in [1.82, 2.24) is 9.55 Å². The lowest BCUT2D eigenvalue weighted by molar-refractivity contribution is -0.119. The molecule has 0 amide bonds. The van der Waals surface area contributed by atoms with Gasteiger partial charge in [-0.05, 0) is 30.9 Å². The quantitative estimate of drug-likeness (QED) is 0.820. The molecule has 1 fully saturated rings. The molecule has 1 atom stereocenters. The topological polar surface area (TPSA) is 44.1 Å². The lowest BCUT2D eigenvalue weighted by Crippen LogP contribution is -2.14. The van der Waals surface area contributed by atoms with Crippen LogP contribution in [0.4, 0.5) is 0 Å². The predicted octanol–water partition coefficient (Wildman–Crippen LogP) is 2.98. The molecule has 112 valence electrons. The fraction of sp³-hybridized carbons (Fsp3) is 0.529. The number of aryl methyl sites for hydroxylation is 1. The molecule has 1 aliphatic heterocycles. The predicted molar refractivity (Wildman–Crippen MR) is 82.3 cm³/mol. The number of aromatic nitrogens is 2. The molecule has 4 heteroatoms. The lowest BCUT2D eigenvalue weighted by Gasteiger charge is -2.09. The zero-order valence-electron chi connectivity index (χ0n) is 12.5. The van der Waals surface area contributed by atoms with E-state index in [1.54, 1.807) is 0 Å². The highest BCUT2D eigenvalue weighted by atomic mass is 16.5. The Morgan fingerprint density at radius 2 is 2.29 bits per heavy atom. The minimum absolute atomic E-state index is 0.276. The molecule has 1 aromatic carbocycles. The fourth-order valence-electron chi connectivity index (χ4n) is 3.05. The van der Waals surface area contributed by atoms with Crippen LogP contribution in [-0.4, -0.2) is 28.5 Å². The molecule has 0 saturated carbocycles. The molecular weight excluding hydrogens is 264 g/mol. The van der Waals surface area contributed by atoms with Crippen LogP contribution in [0.2, 0.25) is 0 Å². The van der Waals surface area contributed by atoms with Crippen LogP contribution in [0.3, 0.4) is 0 Å². The molecule has 4 nitrogen and oxygen atoms in total. The maximum atomic E-state index is 12.3. The molecule has 21 heavy (non-hydrogen) atoms. The van der Waals surface area contributed by atoms with Gasteiger partial charge in [0.2, 0.25) is 0 Å². The van der Waals surface area contributed by atoms with Crippen molar-refractivity contribution in [1.29, 1.82) is 0 Å². The van der Waals surface area contributed by atoms with Gasteiger partial charge in [-0.25, -0.2) is 4.98 Å². The van der Waals surface area contributed by atoms with Crippen LogP contribution in [0.5, 0.6) is 0 Å². The number of para-hydroxylation sites is 2. The number of rotatable bonds is 6. The molecule has 1 aromatic heterocycles. The van der Waals surface area contributed by atoms with Crippen LogP contribution in [0, 0.1) is 5.92 Å². The van der Waals surface area contributed by atoms with Gasteiger partial charge in [0.1, 0.15) is 11.6 Å². The van der Waals surface area contributed by atoms with Gasteiger partial charge in [-0.3, -0.25) is 4.79 Å². The van der Waals surface area contributed by atoms with Gasteiger partial charge in [0.25, 0.3) is 0 Å². The molecule has 0 N–H and O–H groups in total. The molecule has 0 aliphatic carbocycles. The fourth-order valence-corrected chi connectivity index (χ4v) is 3.05. The van der Waals surface area contributed by atoms with Gasteiger partial charge in [-0.1, -0.05) is 19.1 Å². The lowest BCUT2D eigenvalue weighted by atomic mass is 10.0. The number of Topliss-reactive ketones (excluding diaryl/α,β-unsaturated/α-hetero) is 1. The number of hydrogen-bond acceptors (Lipinski definition) is 3. The Balaban J connectivity index is 1.78. The smallest absolute Gasteiger partial charge is 0.140 e. The number of carbonyl (C=O) groups is 1. The van der Waals surface area contributed by atoms with Gasteiger partial charge >= 0.3 is 0 Å². The van der Waals surface area contributed by atoms with Crippen molar-refractivity contribution >= 4 is 16.8 Å². The van der Waals surface area contributed by atoms with Crippen LogP contribution >= 0.6 is 0 Å². The van der Waals surface area contributed by atoms with Crippen molar-refractivity contribution in [2.45, 2.75) is 39.2 Å². The molecule has 0 spiro atoms. The first kappa shape index (κ1) is 14.3. The largest absolute Gasteiger partial charge is 0.381 e. The van der Waals surface area contributed by atoms with Gasteiger partial charge in [-0.2, -0.15) is 0 Å². The number of carbonyl (C=O) groups excluding carboxylic acids is 1. The summed E-state index contributed by atoms with van der Waals surface area (Å²) in [6.45, 7) is 4.59. The summed E-state index contributed by atoms with van der Waals surface area (Å²) in [7, 11) is 0. The van der Waals surface area contributed by atoms with E-state index < -0.39 is 0 Å². The first-order chi connectivity index (χ1) is 10.3. The summed E-state index contributed by atoms with van der Waals surface area (Å²) >= 11 is 0. The SMILES string of the molecule is CCCn1c(CC(=O)CC2CCOC2)nc2ccccc21. The molecule has 0 bridgehead atoms. The number of benzene rings is 1. The first-order valence-electron chi connectivity index (χ1n) is 7.81. The highest BCUT2D eigenvalue weighted by Gasteiger charge is 2.21. The van der Waals surface area contributed by atoms with Crippen LogP contribution in [0.15, 0.2) is 24.3 Å². The van der Waals surface area contributed by atoms with E-state index in [9.17, 15) is 4.79 Å². The summed E-state index contributed by atoms with van der Waals surface area (Å²) in [6.07, 6.45) is 3.11. The van der Waals surface area contributed by atoms with Crippen molar-refractivity contribution in [2.24, 2.45) is 5.92 Å². The Bertz CT molecular complexity index is 627. The molecule has 1 aliphatic rings. The number of ether oxygens (including phenoxy) is 1. The van der Waals surface area contributed by atoms with Gasteiger partial charge < -0.3 is 9.30 Å². The number of fused-ring (bicyclic) bond motifs is 1. The van der Waals surface area contributed by atoms with E-state index >= 15 is 0 Å². The highest BCUT2D eigenvalue weighted by molar-refractivity contribution is 5.82. The molecule has 2 aromatic rings. The van der Waals surface area contributed by atoms with E-state index in [0.29, 0.717) is 18.8 Å². The van der Waals surface area contributed by atoms with E-state index in [1.165, 1.54) is 0 Å². The first-order valence-corrected chi connectivity index (χ1v) is 7.81. The monoisotopic (exact) mass is 286 g/mol. The Morgan fingerprint density at radius 3 is 3.05 bits per heavy atom. The summed E-state index contributed by atoms with van der Waals surface area (Å²) in [6, 6.07) is 8.11. The number of nitrogens with zero attached hydrogens (tertiary/aromatic N) is 2. The standard InChI is InChI=1S/C17H22N2O2/c1-2-8-19-16-6-4-3-5-15(16)18-17(19)11-14(20)10-13-7-9-21-12-13/h3-6,13H,2,7-12H2,1H3. The summed E-state index contributed by atoms with van der Waals surface area (Å²) in [4.78, 5) is 16.9. The zero-order valence-corrected chi connectivity index (χ0v) is 12.5. The van der Waals surface area contributed by atoms with Crippen LogP contribution in [0.25, 0.3) is 11.0 Å². The van der Waals surface area contributed by atoms with E-state index in [-0.39, 0.29) is 5.78 Å². The van der Waals surface area contributed by atoms with E-state index in [0.717, 1.165) is 49.5 Å². The van der Waals surface area contributed by atoms with Gasteiger partial charge in [0, 0.05) is 26.2 Å². The second-order valence-corrected chi connectivity index (χ2v) is 5.82. The zero-order chi connectivity index (χ0) is 14.7. The molecule has 2 heterocycles. The summed E-state index contributed by atoms with van der Waals surface area (Å²) in [5.74, 6) is 1.58. The second-order valence-electron chi connectivity index (χ2n) is 5.82. The van der Waals surface area contributed by atoms with E-state index in [4.69, 9.17) is 4.74 Å². The minimum atomic E-state index is 0.276. The Morgan fingerprint density at radius 1 is 1.43 bits per heavy atom. The second kappa shape index (κ2) is 6.39. The highest BCUT2D eigenvalue weighted by Crippen LogP contribution is 2.20. The minimum Gasteiger partial charge on any atom is -0.381 e. The van der Waals surface area contributed by atoms with E-state index in [2.05, 4.69) is 22.5 Å². The summed E-state index contributed by atoms with van der Waals surface area (Å²) in [5, 5.41) is 0. The third kappa shape index (κ3) is 3.16. The van der Waals surface area contributed by atoms with E-state index in [1.807, 2.05) is 18.2 Å². The van der Waals surface area contributed by atoms with Crippen molar-refractivity contribution in [3.05, 3.63) is 30.1 Å². The molecule has 1 unspecified atom stereocenters. The maximum absolute atomic E-state index is 12.3. The maximum Gasteiger partial charge on any atom is 0.140 e. The third-order valence-corrected chi connectivity index (χ3v) is 4.08. The molecule has 0 radical (unpaired) electrons. The van der Waals surface area contributed by atoms with Crippen LogP contribution in [0.1, 0.15) is 32.0 Å². The third-order valence-electron chi connectivity index (χ3n) is 4.08. The average molecular weight is 286 g/mol. The Labute approximate surface area is 125 Å². The summed E-state index contributed by atoms with van der Waals surface area (Å²) < 4.78 is 7.54. The van der Waals surface area contributed by atoms with Crippen molar-refractivity contribution < 1.29 is 9.53 Å². The Kier molecular flexibility index (Phi) is 4.34. The molecule has 3 rings (SSSR count). The van der Waals surface area contributed by atoms with Gasteiger partial charge in [0.05, 0.1) is 17.5 Å². The molecular formula is C17H22N2O2. The normalized spacial score (nSPS) is 18.4. The summed E-state index contributed by atoms with van der Waals surface area (Å²) in [5.41, 5.74) is 2.12. The number of imidazole rings is 1. The van der Waals surface area contributed by atoms with Crippen LogP contribution in [-0.2, 0) is 22.5 Å².